The summed E-state index contributed by atoms with van der Waals surface area (Å²) < 4.78 is 11.3. The average Bonchev–Trinajstić information content (AvgIpc) is 3.09. The van der Waals surface area contributed by atoms with Gasteiger partial charge in [-0.25, -0.2) is 0 Å². The van der Waals surface area contributed by atoms with Gasteiger partial charge >= 0.3 is 11.9 Å². The van der Waals surface area contributed by atoms with Crippen LogP contribution in [0.3, 0.4) is 0 Å². The number of esters is 2. The summed E-state index contributed by atoms with van der Waals surface area (Å²) >= 11 is 7.56. The van der Waals surface area contributed by atoms with Gasteiger partial charge in [-0.2, -0.15) is 0 Å². The second kappa shape index (κ2) is 10.0. The number of fused-ring (bicyclic) bond motifs is 5. The van der Waals surface area contributed by atoms with Gasteiger partial charge in [0.2, 0.25) is 5.78 Å². The zero-order valence-corrected chi connectivity index (χ0v) is 23.7. The number of ether oxygens (including phenoxy) is 2. The Labute approximate surface area is 232 Å². The summed E-state index contributed by atoms with van der Waals surface area (Å²) in [5, 5.41) is 10.9. The zero-order chi connectivity index (χ0) is 29.0. The molecule has 0 bridgehead atoms. The standard InChI is InChI=1S/C28H36ClNO9/c1-6-23(33)37-15-21(32)28(38-24(34)7-2)16(3)12-20-19-9-8-17-13-18(31)10-11-25(17,4)27(19,29)22(39-30(35)36)14-26(20,28)5/h10-11,13,16,19-20,22H,6-9,12,14-15H2,1-5H3/t16-,19+,20+,22+,25+,26+,27+,28+/m1/s1. The number of rotatable bonds is 8. The lowest BCUT2D eigenvalue weighted by molar-refractivity contribution is -0.772. The molecular weight excluding hydrogens is 530 g/mol. The smallest absolute Gasteiger partial charge is 0.306 e. The van der Waals surface area contributed by atoms with Crippen LogP contribution in [0.5, 0.6) is 0 Å². The van der Waals surface area contributed by atoms with Crippen LogP contribution in [0.25, 0.3) is 0 Å². The minimum atomic E-state index is -1.70. The molecule has 0 aliphatic heterocycles. The molecule has 0 N–H and O–H groups in total. The molecule has 0 radical (unpaired) electrons. The van der Waals surface area contributed by atoms with Crippen LogP contribution in [0.1, 0.15) is 73.1 Å². The van der Waals surface area contributed by atoms with Crippen molar-refractivity contribution in [2.24, 2.45) is 28.6 Å². The number of hydrogen-bond acceptors (Lipinski definition) is 9. The van der Waals surface area contributed by atoms with Crippen molar-refractivity contribution < 1.29 is 38.6 Å². The predicted molar refractivity (Wildman–Crippen MR) is 139 cm³/mol. The Kier molecular flexibility index (Phi) is 7.51. The minimum absolute atomic E-state index is 0.0139. The second-order valence-corrected chi connectivity index (χ2v) is 12.3. The van der Waals surface area contributed by atoms with Gasteiger partial charge in [-0.1, -0.05) is 46.3 Å². The van der Waals surface area contributed by atoms with E-state index in [0.717, 1.165) is 5.57 Å². The first kappa shape index (κ1) is 29.2. The SMILES string of the molecule is CCC(=O)OCC(=O)[C@@]1(OC(=O)CC)[C@H](C)C[C@H]2[C@@H]3CCC4=CC(=O)C=C[C@]4(C)[C@@]3(Cl)[C@@H](O[N+](=O)[O-])C[C@@]21C. The van der Waals surface area contributed by atoms with E-state index in [-0.39, 0.29) is 36.9 Å². The van der Waals surface area contributed by atoms with E-state index in [2.05, 4.69) is 0 Å². The molecule has 0 aromatic carbocycles. The summed E-state index contributed by atoms with van der Waals surface area (Å²) in [4.78, 5) is 66.8. The maximum Gasteiger partial charge on any atom is 0.306 e. The number of hydrogen-bond donors (Lipinski definition) is 0. The molecule has 214 valence electrons. The first-order valence-electron chi connectivity index (χ1n) is 13.6. The molecule has 3 fully saturated rings. The van der Waals surface area contributed by atoms with Crippen LogP contribution in [0.2, 0.25) is 0 Å². The average molecular weight is 566 g/mol. The second-order valence-electron chi connectivity index (χ2n) is 11.7. The summed E-state index contributed by atoms with van der Waals surface area (Å²) in [6.07, 6.45) is 5.06. The molecule has 11 heteroatoms. The van der Waals surface area contributed by atoms with Gasteiger partial charge in [0.1, 0.15) is 6.10 Å². The van der Waals surface area contributed by atoms with Gasteiger partial charge in [-0.05, 0) is 49.7 Å². The summed E-state index contributed by atoms with van der Waals surface area (Å²) in [7, 11) is 0. The highest BCUT2D eigenvalue weighted by atomic mass is 35.5. The highest BCUT2D eigenvalue weighted by Gasteiger charge is 2.77. The van der Waals surface area contributed by atoms with E-state index in [9.17, 15) is 29.3 Å². The van der Waals surface area contributed by atoms with Gasteiger partial charge in [0.25, 0.3) is 5.09 Å². The van der Waals surface area contributed by atoms with E-state index in [1.165, 1.54) is 6.08 Å². The molecule has 0 heterocycles. The molecule has 0 aromatic rings. The Morgan fingerprint density at radius 2 is 1.82 bits per heavy atom. The first-order valence-corrected chi connectivity index (χ1v) is 13.9. The number of carbonyl (C=O) groups excluding carboxylic acids is 4. The fraction of sp³-hybridized carbons (Fsp3) is 0.714. The van der Waals surface area contributed by atoms with Gasteiger partial charge < -0.3 is 14.3 Å². The number of allylic oxidation sites excluding steroid dienone is 4. The predicted octanol–water partition coefficient (Wildman–Crippen LogP) is 4.30. The molecule has 0 saturated heterocycles. The van der Waals surface area contributed by atoms with Crippen molar-refractivity contribution in [3.8, 4) is 0 Å². The molecule has 39 heavy (non-hydrogen) atoms. The monoisotopic (exact) mass is 565 g/mol. The molecule has 10 nitrogen and oxygen atoms in total. The highest BCUT2D eigenvalue weighted by Crippen LogP contribution is 2.72. The Morgan fingerprint density at radius 3 is 2.44 bits per heavy atom. The number of alkyl halides is 1. The quantitative estimate of drug-likeness (QED) is 0.182. The zero-order valence-electron chi connectivity index (χ0n) is 23.0. The lowest BCUT2D eigenvalue weighted by Crippen LogP contribution is -2.70. The van der Waals surface area contributed by atoms with Crippen LogP contribution < -0.4 is 0 Å². The number of Topliss-reactive ketones (excluding diaryl/α,β-unsaturated/α-hetero) is 1. The van der Waals surface area contributed by atoms with E-state index < -0.39 is 62.7 Å². The lowest BCUT2D eigenvalue weighted by atomic mass is 9.45. The van der Waals surface area contributed by atoms with E-state index in [4.69, 9.17) is 25.9 Å². The Balaban J connectivity index is 1.87. The number of halogens is 1. The van der Waals surface area contributed by atoms with Crippen LogP contribution in [0.4, 0.5) is 0 Å². The van der Waals surface area contributed by atoms with Crippen molar-refractivity contribution in [2.75, 3.05) is 6.61 Å². The molecule has 0 unspecified atom stereocenters. The first-order chi connectivity index (χ1) is 18.2. The van der Waals surface area contributed by atoms with Crippen molar-refractivity contribution in [1.29, 1.82) is 0 Å². The highest BCUT2D eigenvalue weighted by molar-refractivity contribution is 6.26. The van der Waals surface area contributed by atoms with Crippen molar-refractivity contribution in [3.05, 3.63) is 33.9 Å². The number of nitrogens with zero attached hydrogens (tertiary/aromatic N) is 1. The molecule has 3 saturated carbocycles. The van der Waals surface area contributed by atoms with Crippen LogP contribution >= 0.6 is 11.6 Å². The number of carbonyl (C=O) groups is 4. The maximum atomic E-state index is 14.0. The normalized spacial score (nSPS) is 40.5. The fourth-order valence-corrected chi connectivity index (χ4v) is 8.75. The molecule has 4 rings (SSSR count). The van der Waals surface area contributed by atoms with Crippen LogP contribution in [0.15, 0.2) is 23.8 Å². The maximum absolute atomic E-state index is 14.0. The van der Waals surface area contributed by atoms with Gasteiger partial charge in [-0.15, -0.1) is 21.7 Å². The Hall–Kier alpha value is -2.75. The molecule has 8 atom stereocenters. The van der Waals surface area contributed by atoms with Gasteiger partial charge in [0.05, 0.1) is 4.87 Å². The molecule has 0 spiro atoms. The van der Waals surface area contributed by atoms with E-state index >= 15 is 0 Å². The third kappa shape index (κ3) is 4.12. The molecule has 0 aromatic heterocycles. The molecule has 4 aliphatic carbocycles. The largest absolute Gasteiger partial charge is 0.457 e. The third-order valence-corrected chi connectivity index (χ3v) is 10.9. The molecule has 0 amide bonds. The lowest BCUT2D eigenvalue weighted by Gasteiger charge is -2.64. The van der Waals surface area contributed by atoms with Crippen LogP contribution in [-0.4, -0.2) is 51.8 Å². The van der Waals surface area contributed by atoms with E-state index in [1.807, 2.05) is 20.8 Å². The van der Waals surface area contributed by atoms with Crippen molar-refractivity contribution in [1.82, 2.24) is 0 Å². The Bertz CT molecular complexity index is 1170. The van der Waals surface area contributed by atoms with E-state index in [0.29, 0.717) is 19.3 Å². The van der Waals surface area contributed by atoms with Crippen LogP contribution in [-0.2, 0) is 33.5 Å². The van der Waals surface area contributed by atoms with Crippen LogP contribution in [0, 0.1) is 38.7 Å². The van der Waals surface area contributed by atoms with Gasteiger partial charge in [0, 0.05) is 29.6 Å². The summed E-state index contributed by atoms with van der Waals surface area (Å²) in [5.74, 6) is -3.03. The topological polar surface area (TPSA) is 139 Å². The summed E-state index contributed by atoms with van der Waals surface area (Å²) in [6, 6.07) is 0. The Morgan fingerprint density at radius 1 is 1.15 bits per heavy atom. The third-order valence-electron chi connectivity index (χ3n) is 10.0. The minimum Gasteiger partial charge on any atom is -0.457 e. The van der Waals surface area contributed by atoms with Gasteiger partial charge in [0.15, 0.2) is 18.0 Å². The van der Waals surface area contributed by atoms with Crippen molar-refractivity contribution in [2.45, 2.75) is 89.7 Å². The summed E-state index contributed by atoms with van der Waals surface area (Å²) in [6.45, 7) is 8.15. The summed E-state index contributed by atoms with van der Waals surface area (Å²) in [5.41, 5.74) is -2.94. The van der Waals surface area contributed by atoms with Crippen molar-refractivity contribution >= 4 is 35.1 Å². The molecular formula is C28H36ClNO9. The van der Waals surface area contributed by atoms with Crippen molar-refractivity contribution in [3.63, 3.8) is 0 Å². The van der Waals surface area contributed by atoms with Gasteiger partial charge in [-0.3, -0.25) is 19.2 Å². The fourth-order valence-electron chi connectivity index (χ4n) is 8.19. The molecule has 4 aliphatic rings. The van der Waals surface area contributed by atoms with E-state index in [1.54, 1.807) is 26.0 Å². The number of ketones is 2.